The van der Waals surface area contributed by atoms with E-state index in [1.807, 2.05) is 13.8 Å². The van der Waals surface area contributed by atoms with E-state index >= 15 is 0 Å². The van der Waals surface area contributed by atoms with Gasteiger partial charge in [-0.15, -0.1) is 0 Å². The van der Waals surface area contributed by atoms with Gasteiger partial charge in [0.2, 0.25) is 0 Å². The Balaban J connectivity index is 2.85. The first-order valence-corrected chi connectivity index (χ1v) is 4.51. The summed E-state index contributed by atoms with van der Waals surface area (Å²) in [5, 5.41) is 11.8. The molecule has 1 aromatic rings. The Morgan fingerprint density at radius 1 is 1.64 bits per heavy atom. The molecule has 0 amide bonds. The van der Waals surface area contributed by atoms with Crippen molar-refractivity contribution >= 4 is 11.7 Å². The van der Waals surface area contributed by atoms with Crippen LogP contribution in [0.5, 0.6) is 0 Å². The van der Waals surface area contributed by atoms with Crippen molar-refractivity contribution in [1.82, 2.24) is 4.98 Å². The van der Waals surface area contributed by atoms with Crippen molar-refractivity contribution in [2.24, 2.45) is 0 Å². The molecule has 0 unspecified atom stereocenters. The van der Waals surface area contributed by atoms with Gasteiger partial charge in [0.15, 0.2) is 0 Å². The second kappa shape index (κ2) is 4.60. The number of pyridine rings is 1. The molecule has 0 aliphatic heterocycles. The van der Waals surface area contributed by atoms with Gasteiger partial charge in [-0.1, -0.05) is 0 Å². The van der Waals surface area contributed by atoms with Gasteiger partial charge in [0.25, 0.3) is 0 Å². The summed E-state index contributed by atoms with van der Waals surface area (Å²) in [6.07, 6.45) is 3.23. The third-order valence-corrected chi connectivity index (χ3v) is 1.69. The van der Waals surface area contributed by atoms with Crippen molar-refractivity contribution in [3.05, 3.63) is 24.0 Å². The molecule has 14 heavy (non-hydrogen) atoms. The van der Waals surface area contributed by atoms with E-state index in [4.69, 9.17) is 5.11 Å². The maximum absolute atomic E-state index is 10.6. The van der Waals surface area contributed by atoms with Crippen LogP contribution in [-0.4, -0.2) is 22.1 Å². The van der Waals surface area contributed by atoms with E-state index in [0.717, 1.165) is 5.69 Å². The van der Waals surface area contributed by atoms with Gasteiger partial charge in [0.05, 0.1) is 6.42 Å². The molecule has 0 aromatic carbocycles. The molecule has 1 heterocycles. The lowest BCUT2D eigenvalue weighted by molar-refractivity contribution is -0.136. The minimum Gasteiger partial charge on any atom is -0.481 e. The summed E-state index contributed by atoms with van der Waals surface area (Å²) < 4.78 is 0. The Labute approximate surface area is 83.0 Å². The quantitative estimate of drug-likeness (QED) is 0.763. The zero-order chi connectivity index (χ0) is 10.6. The van der Waals surface area contributed by atoms with E-state index in [1.54, 1.807) is 18.5 Å². The van der Waals surface area contributed by atoms with E-state index in [9.17, 15) is 4.79 Å². The van der Waals surface area contributed by atoms with Crippen LogP contribution >= 0.6 is 0 Å². The van der Waals surface area contributed by atoms with E-state index in [1.165, 1.54) is 0 Å². The fourth-order valence-electron chi connectivity index (χ4n) is 1.18. The van der Waals surface area contributed by atoms with Crippen LogP contribution in [0.4, 0.5) is 5.69 Å². The number of nitrogens with zero attached hydrogens (tertiary/aromatic N) is 1. The smallest absolute Gasteiger partial charge is 0.307 e. The summed E-state index contributed by atoms with van der Waals surface area (Å²) in [5.74, 6) is -0.843. The average Bonchev–Trinajstić information content (AvgIpc) is 2.06. The first kappa shape index (κ1) is 10.5. The molecule has 0 aliphatic rings. The van der Waals surface area contributed by atoms with Crippen LogP contribution < -0.4 is 5.32 Å². The van der Waals surface area contributed by atoms with Gasteiger partial charge in [-0.25, -0.2) is 0 Å². The van der Waals surface area contributed by atoms with Crippen LogP contribution in [0.1, 0.15) is 19.4 Å². The van der Waals surface area contributed by atoms with E-state index in [0.29, 0.717) is 5.56 Å². The number of hydrogen-bond donors (Lipinski definition) is 2. The summed E-state index contributed by atoms with van der Waals surface area (Å²) in [4.78, 5) is 14.5. The fourth-order valence-corrected chi connectivity index (χ4v) is 1.18. The Kier molecular flexibility index (Phi) is 3.45. The van der Waals surface area contributed by atoms with Gasteiger partial charge in [-0.05, 0) is 19.9 Å². The fraction of sp³-hybridized carbons (Fsp3) is 0.400. The molecular formula is C10H14N2O2. The first-order valence-electron chi connectivity index (χ1n) is 4.51. The number of carbonyl (C=O) groups is 1. The monoisotopic (exact) mass is 194 g/mol. The minimum absolute atomic E-state index is 0.00287. The third kappa shape index (κ3) is 3.05. The molecule has 1 aromatic heterocycles. The topological polar surface area (TPSA) is 62.2 Å². The molecule has 0 radical (unpaired) electrons. The van der Waals surface area contributed by atoms with Crippen molar-refractivity contribution in [3.8, 4) is 0 Å². The standard InChI is InChI=1S/C10H14N2O2/c1-7(2)12-9-3-4-11-6-8(9)5-10(13)14/h3-4,6-7H,5H2,1-2H3,(H,11,12)(H,13,14). The van der Waals surface area contributed by atoms with Crippen molar-refractivity contribution in [2.45, 2.75) is 26.3 Å². The molecule has 76 valence electrons. The second-order valence-electron chi connectivity index (χ2n) is 3.40. The maximum Gasteiger partial charge on any atom is 0.307 e. The highest BCUT2D eigenvalue weighted by Crippen LogP contribution is 2.15. The van der Waals surface area contributed by atoms with Gasteiger partial charge in [-0.2, -0.15) is 0 Å². The number of rotatable bonds is 4. The number of aliphatic carboxylic acids is 1. The molecule has 4 heteroatoms. The molecule has 0 spiro atoms. The zero-order valence-corrected chi connectivity index (χ0v) is 8.32. The number of carboxylic acids is 1. The van der Waals surface area contributed by atoms with Crippen molar-refractivity contribution < 1.29 is 9.90 Å². The molecule has 0 aliphatic carbocycles. The third-order valence-electron chi connectivity index (χ3n) is 1.69. The molecular weight excluding hydrogens is 180 g/mol. The van der Waals surface area contributed by atoms with Gasteiger partial charge in [0.1, 0.15) is 0 Å². The highest BCUT2D eigenvalue weighted by Gasteiger charge is 2.06. The summed E-state index contributed by atoms with van der Waals surface area (Å²) >= 11 is 0. The Bertz CT molecular complexity index is 324. The normalized spacial score (nSPS) is 10.2. The molecule has 0 saturated carbocycles. The van der Waals surface area contributed by atoms with Crippen LogP contribution in [0.3, 0.4) is 0 Å². The minimum atomic E-state index is -0.843. The summed E-state index contributed by atoms with van der Waals surface area (Å²) in [7, 11) is 0. The maximum atomic E-state index is 10.6. The average molecular weight is 194 g/mol. The van der Waals surface area contributed by atoms with E-state index in [-0.39, 0.29) is 12.5 Å². The van der Waals surface area contributed by atoms with Gasteiger partial charge >= 0.3 is 5.97 Å². The van der Waals surface area contributed by atoms with Crippen molar-refractivity contribution in [1.29, 1.82) is 0 Å². The molecule has 0 bridgehead atoms. The first-order chi connectivity index (χ1) is 6.59. The number of aromatic nitrogens is 1. The van der Waals surface area contributed by atoms with E-state index in [2.05, 4.69) is 10.3 Å². The predicted molar refractivity (Wildman–Crippen MR) is 54.3 cm³/mol. The Morgan fingerprint density at radius 2 is 2.36 bits per heavy atom. The highest BCUT2D eigenvalue weighted by atomic mass is 16.4. The van der Waals surface area contributed by atoms with Crippen LogP contribution in [0.25, 0.3) is 0 Å². The van der Waals surface area contributed by atoms with E-state index < -0.39 is 5.97 Å². The number of hydrogen-bond acceptors (Lipinski definition) is 3. The lowest BCUT2D eigenvalue weighted by atomic mass is 10.1. The lowest BCUT2D eigenvalue weighted by Crippen LogP contribution is -2.13. The number of carboxylic acid groups (broad SMARTS) is 1. The summed E-state index contributed by atoms with van der Waals surface area (Å²) in [6, 6.07) is 2.07. The molecule has 4 nitrogen and oxygen atoms in total. The van der Waals surface area contributed by atoms with Gasteiger partial charge in [-0.3, -0.25) is 9.78 Å². The van der Waals surface area contributed by atoms with Crippen LogP contribution in [0, 0.1) is 0 Å². The van der Waals surface area contributed by atoms with Gasteiger partial charge in [0, 0.05) is 29.7 Å². The van der Waals surface area contributed by atoms with Gasteiger partial charge < -0.3 is 10.4 Å². The Morgan fingerprint density at radius 3 is 2.93 bits per heavy atom. The molecule has 0 atom stereocenters. The summed E-state index contributed by atoms with van der Waals surface area (Å²) in [6.45, 7) is 4.01. The Hall–Kier alpha value is -1.58. The van der Waals surface area contributed by atoms with Crippen LogP contribution in [0.15, 0.2) is 18.5 Å². The van der Waals surface area contributed by atoms with Crippen molar-refractivity contribution in [3.63, 3.8) is 0 Å². The molecule has 0 saturated heterocycles. The summed E-state index contributed by atoms with van der Waals surface area (Å²) in [5.41, 5.74) is 1.56. The van der Waals surface area contributed by atoms with Crippen molar-refractivity contribution in [2.75, 3.05) is 5.32 Å². The predicted octanol–water partition coefficient (Wildman–Crippen LogP) is 1.53. The highest BCUT2D eigenvalue weighted by molar-refractivity contribution is 5.73. The largest absolute Gasteiger partial charge is 0.481 e. The molecule has 2 N–H and O–H groups in total. The number of nitrogens with one attached hydrogen (secondary N) is 1. The zero-order valence-electron chi connectivity index (χ0n) is 8.32. The SMILES string of the molecule is CC(C)Nc1ccncc1CC(=O)O. The second-order valence-corrected chi connectivity index (χ2v) is 3.40. The molecule has 1 rings (SSSR count). The lowest BCUT2D eigenvalue weighted by Gasteiger charge is -2.12. The molecule has 0 fully saturated rings. The van der Waals surface area contributed by atoms with Crippen LogP contribution in [0.2, 0.25) is 0 Å². The van der Waals surface area contributed by atoms with Crippen LogP contribution in [-0.2, 0) is 11.2 Å². The number of anilines is 1.